The van der Waals surface area contributed by atoms with Gasteiger partial charge in [0.15, 0.2) is 0 Å². The maximum atomic E-state index is 12.6. The Balaban J connectivity index is 1.52. The largest absolute Gasteiger partial charge is 0.325 e. The van der Waals surface area contributed by atoms with Crippen molar-refractivity contribution in [2.45, 2.75) is 56.5 Å². The van der Waals surface area contributed by atoms with Crippen LogP contribution in [0.2, 0.25) is 0 Å². The zero-order valence-corrected chi connectivity index (χ0v) is 17.7. The van der Waals surface area contributed by atoms with Crippen LogP contribution in [0.3, 0.4) is 0 Å². The summed E-state index contributed by atoms with van der Waals surface area (Å²) in [6, 6.07) is 6.63. The van der Waals surface area contributed by atoms with Crippen LogP contribution in [0.5, 0.6) is 0 Å². The summed E-state index contributed by atoms with van der Waals surface area (Å²) in [5, 5.41) is 6.19. The number of hydrogen-bond acceptors (Lipinski definition) is 5. The standard InChI is InChI=1S/C20H32N4O3S/c1-3-23-12-6-7-18(23)15-21-16(2)20(25)22-17-8-10-19(11-9-17)28(26,27)24-13-4-5-14-24/h8-11,16,18,21H,3-7,12-15H2,1-2H3,(H,22,25). The highest BCUT2D eigenvalue weighted by Gasteiger charge is 2.27. The molecule has 1 aromatic carbocycles. The van der Waals surface area contributed by atoms with E-state index in [2.05, 4.69) is 22.5 Å². The lowest BCUT2D eigenvalue weighted by atomic mass is 10.2. The van der Waals surface area contributed by atoms with E-state index in [1.54, 1.807) is 24.3 Å². The molecule has 8 heteroatoms. The molecule has 2 heterocycles. The second-order valence-corrected chi connectivity index (χ2v) is 9.62. The van der Waals surface area contributed by atoms with E-state index in [4.69, 9.17) is 0 Å². The fourth-order valence-electron chi connectivity index (χ4n) is 3.99. The van der Waals surface area contributed by atoms with Crippen molar-refractivity contribution in [2.75, 3.05) is 38.0 Å². The quantitative estimate of drug-likeness (QED) is 0.686. The molecule has 7 nitrogen and oxygen atoms in total. The molecular formula is C20H32N4O3S. The van der Waals surface area contributed by atoms with Gasteiger partial charge in [-0.3, -0.25) is 9.69 Å². The second-order valence-electron chi connectivity index (χ2n) is 7.68. The molecule has 0 saturated carbocycles. The Morgan fingerprint density at radius 2 is 1.82 bits per heavy atom. The van der Waals surface area contributed by atoms with Crippen LogP contribution < -0.4 is 10.6 Å². The van der Waals surface area contributed by atoms with Gasteiger partial charge in [-0.05, 0) is 70.0 Å². The highest BCUT2D eigenvalue weighted by atomic mass is 32.2. The predicted molar refractivity (Wildman–Crippen MR) is 111 cm³/mol. The third kappa shape index (κ3) is 4.92. The van der Waals surface area contributed by atoms with Gasteiger partial charge in [-0.2, -0.15) is 4.31 Å². The van der Waals surface area contributed by atoms with E-state index in [0.717, 1.165) is 32.5 Å². The van der Waals surface area contributed by atoms with Gasteiger partial charge < -0.3 is 10.6 Å². The van der Waals surface area contributed by atoms with Gasteiger partial charge in [0.1, 0.15) is 0 Å². The van der Waals surface area contributed by atoms with Crippen molar-refractivity contribution >= 4 is 21.6 Å². The summed E-state index contributed by atoms with van der Waals surface area (Å²) >= 11 is 0. The molecule has 2 aliphatic rings. The van der Waals surface area contributed by atoms with Crippen molar-refractivity contribution in [1.29, 1.82) is 0 Å². The van der Waals surface area contributed by atoms with Gasteiger partial charge in [-0.15, -0.1) is 0 Å². The number of nitrogens with zero attached hydrogens (tertiary/aromatic N) is 2. The number of carbonyl (C=O) groups is 1. The van der Waals surface area contributed by atoms with E-state index < -0.39 is 10.0 Å². The minimum absolute atomic E-state index is 0.115. The third-order valence-electron chi connectivity index (χ3n) is 5.78. The van der Waals surface area contributed by atoms with E-state index in [9.17, 15) is 13.2 Å². The van der Waals surface area contributed by atoms with Gasteiger partial charge >= 0.3 is 0 Å². The maximum Gasteiger partial charge on any atom is 0.243 e. The summed E-state index contributed by atoms with van der Waals surface area (Å²) in [7, 11) is -3.42. The average Bonchev–Trinajstić information content (AvgIpc) is 3.38. The lowest BCUT2D eigenvalue weighted by molar-refractivity contribution is -0.117. The molecule has 2 saturated heterocycles. The molecule has 2 unspecified atom stereocenters. The number of likely N-dealkylation sites (N-methyl/N-ethyl adjacent to an activating group) is 1. The lowest BCUT2D eigenvalue weighted by Gasteiger charge is -2.24. The van der Waals surface area contributed by atoms with Crippen LogP contribution in [-0.4, -0.2) is 68.3 Å². The Kier molecular flexibility index (Phi) is 7.09. The fraction of sp³-hybridized carbons (Fsp3) is 0.650. The molecule has 0 aromatic heterocycles. The zero-order valence-electron chi connectivity index (χ0n) is 16.9. The molecule has 0 bridgehead atoms. The van der Waals surface area contributed by atoms with Gasteiger partial charge in [0.2, 0.25) is 15.9 Å². The first-order valence-corrected chi connectivity index (χ1v) is 11.7. The van der Waals surface area contributed by atoms with Crippen LogP contribution in [0.1, 0.15) is 39.5 Å². The summed E-state index contributed by atoms with van der Waals surface area (Å²) in [5.74, 6) is -0.115. The summed E-state index contributed by atoms with van der Waals surface area (Å²) in [4.78, 5) is 15.2. The number of rotatable bonds is 8. The number of benzene rings is 1. The minimum Gasteiger partial charge on any atom is -0.325 e. The Bertz CT molecular complexity index is 760. The van der Waals surface area contributed by atoms with Crippen molar-refractivity contribution in [3.8, 4) is 0 Å². The summed E-state index contributed by atoms with van der Waals surface area (Å²) in [5.41, 5.74) is 0.607. The van der Waals surface area contributed by atoms with E-state index in [0.29, 0.717) is 24.8 Å². The Labute approximate surface area is 168 Å². The molecule has 1 aromatic rings. The van der Waals surface area contributed by atoms with E-state index in [1.807, 2.05) is 6.92 Å². The first-order chi connectivity index (χ1) is 13.4. The fourth-order valence-corrected chi connectivity index (χ4v) is 5.50. The SMILES string of the molecule is CCN1CCCC1CNC(C)C(=O)Nc1ccc(S(=O)(=O)N2CCCC2)cc1. The summed E-state index contributed by atoms with van der Waals surface area (Å²) < 4.78 is 26.6. The number of carbonyl (C=O) groups excluding carboxylic acids is 1. The molecule has 2 N–H and O–H groups in total. The number of nitrogens with one attached hydrogen (secondary N) is 2. The second kappa shape index (κ2) is 9.35. The van der Waals surface area contributed by atoms with Crippen LogP contribution in [-0.2, 0) is 14.8 Å². The molecule has 1 amide bonds. The van der Waals surface area contributed by atoms with Crippen molar-refractivity contribution in [3.63, 3.8) is 0 Å². The van der Waals surface area contributed by atoms with Crippen molar-refractivity contribution in [1.82, 2.24) is 14.5 Å². The number of amides is 1. The normalized spacial score (nSPS) is 22.4. The highest BCUT2D eigenvalue weighted by molar-refractivity contribution is 7.89. The summed E-state index contributed by atoms with van der Waals surface area (Å²) in [6.07, 6.45) is 4.21. The van der Waals surface area contributed by atoms with Gasteiger partial charge in [-0.1, -0.05) is 6.92 Å². The number of sulfonamides is 1. The third-order valence-corrected chi connectivity index (χ3v) is 7.70. The monoisotopic (exact) mass is 408 g/mol. The van der Waals surface area contributed by atoms with Crippen LogP contribution >= 0.6 is 0 Å². The Morgan fingerprint density at radius 1 is 1.14 bits per heavy atom. The van der Waals surface area contributed by atoms with Crippen LogP contribution in [0.25, 0.3) is 0 Å². The molecule has 2 aliphatic heterocycles. The molecular weight excluding hydrogens is 376 g/mol. The Morgan fingerprint density at radius 3 is 2.46 bits per heavy atom. The molecule has 3 rings (SSSR count). The van der Waals surface area contributed by atoms with Gasteiger partial charge in [-0.25, -0.2) is 8.42 Å². The topological polar surface area (TPSA) is 81.8 Å². The smallest absolute Gasteiger partial charge is 0.243 e. The predicted octanol–water partition coefficient (Wildman–Crippen LogP) is 1.87. The van der Waals surface area contributed by atoms with E-state index in [-0.39, 0.29) is 16.8 Å². The lowest BCUT2D eigenvalue weighted by Crippen LogP contribution is -2.45. The Hall–Kier alpha value is -1.48. The molecule has 0 radical (unpaired) electrons. The first kappa shape index (κ1) is 21.2. The van der Waals surface area contributed by atoms with Crippen molar-refractivity contribution in [2.24, 2.45) is 0 Å². The molecule has 156 valence electrons. The molecule has 0 aliphatic carbocycles. The zero-order chi connectivity index (χ0) is 20.1. The van der Waals surface area contributed by atoms with E-state index >= 15 is 0 Å². The summed E-state index contributed by atoms with van der Waals surface area (Å²) in [6.45, 7) is 8.17. The number of anilines is 1. The number of likely N-dealkylation sites (tertiary alicyclic amines) is 1. The van der Waals surface area contributed by atoms with Crippen molar-refractivity contribution in [3.05, 3.63) is 24.3 Å². The van der Waals surface area contributed by atoms with Crippen LogP contribution in [0.15, 0.2) is 29.2 Å². The molecule has 2 atom stereocenters. The maximum absolute atomic E-state index is 12.6. The van der Waals surface area contributed by atoms with Gasteiger partial charge in [0.05, 0.1) is 10.9 Å². The number of hydrogen-bond donors (Lipinski definition) is 2. The molecule has 0 spiro atoms. The molecule has 28 heavy (non-hydrogen) atoms. The highest BCUT2D eigenvalue weighted by Crippen LogP contribution is 2.22. The van der Waals surface area contributed by atoms with Crippen LogP contribution in [0.4, 0.5) is 5.69 Å². The van der Waals surface area contributed by atoms with E-state index in [1.165, 1.54) is 17.1 Å². The minimum atomic E-state index is -3.42. The van der Waals surface area contributed by atoms with Gasteiger partial charge in [0.25, 0.3) is 0 Å². The molecule has 2 fully saturated rings. The van der Waals surface area contributed by atoms with Crippen molar-refractivity contribution < 1.29 is 13.2 Å². The average molecular weight is 409 g/mol. The van der Waals surface area contributed by atoms with Gasteiger partial charge in [0, 0.05) is 31.4 Å². The first-order valence-electron chi connectivity index (χ1n) is 10.3. The van der Waals surface area contributed by atoms with Crippen LogP contribution in [0, 0.1) is 0 Å².